The maximum absolute atomic E-state index is 12.4. The Bertz CT molecular complexity index is 1120. The van der Waals surface area contributed by atoms with Crippen LogP contribution >= 0.6 is 27.3 Å². The Morgan fingerprint density at radius 3 is 2.49 bits per heavy atom. The molecule has 1 amide bonds. The standard InChI is InChI=1S/C26H32BrNO8S/c1-6-33-19(29)15-34-21-20(27)22(37-23(21)24(30)32-5)16-8-7-9-18(14-16)35-17-10-12-28(13-11-17)25(31)36-26(2,3)4/h7-9,14,17H,6,10-13,15H2,1-5H3. The van der Waals surface area contributed by atoms with Crippen LogP contribution in [-0.4, -0.2) is 68.0 Å². The lowest BCUT2D eigenvalue weighted by Crippen LogP contribution is -2.44. The fourth-order valence-electron chi connectivity index (χ4n) is 3.66. The summed E-state index contributed by atoms with van der Waals surface area (Å²) in [5, 5.41) is 0. The van der Waals surface area contributed by atoms with E-state index in [0.29, 0.717) is 36.2 Å². The molecule has 0 unspecified atom stereocenters. The molecule has 0 bridgehead atoms. The summed E-state index contributed by atoms with van der Waals surface area (Å²) in [6.07, 6.45) is 1.02. The molecular formula is C26H32BrNO8S. The van der Waals surface area contributed by atoms with E-state index < -0.39 is 17.5 Å². The van der Waals surface area contributed by atoms with Crippen molar-refractivity contribution in [2.45, 2.75) is 52.2 Å². The molecule has 1 aromatic heterocycles. The predicted octanol–water partition coefficient (Wildman–Crippen LogP) is 5.68. The van der Waals surface area contributed by atoms with Gasteiger partial charge in [0.2, 0.25) is 0 Å². The number of hydrogen-bond acceptors (Lipinski definition) is 9. The van der Waals surface area contributed by atoms with E-state index in [1.807, 2.05) is 45.0 Å². The molecule has 3 rings (SSSR count). The zero-order chi connectivity index (χ0) is 27.2. The molecule has 1 aliphatic heterocycles. The van der Waals surface area contributed by atoms with Gasteiger partial charge in [0.1, 0.15) is 17.5 Å². The summed E-state index contributed by atoms with van der Waals surface area (Å²) >= 11 is 4.71. The number of halogens is 1. The third kappa shape index (κ3) is 7.85. The molecule has 0 atom stereocenters. The zero-order valence-electron chi connectivity index (χ0n) is 21.6. The SMILES string of the molecule is CCOC(=O)COc1c(C(=O)OC)sc(-c2cccc(OC3CCN(C(=O)OC(C)(C)C)CC3)c2)c1Br. The normalized spacial score (nSPS) is 14.2. The van der Waals surface area contributed by atoms with Gasteiger partial charge in [-0.05, 0) is 61.3 Å². The highest BCUT2D eigenvalue weighted by atomic mass is 79.9. The van der Waals surface area contributed by atoms with Gasteiger partial charge in [0.15, 0.2) is 17.2 Å². The first-order chi connectivity index (χ1) is 17.5. The highest BCUT2D eigenvalue weighted by Crippen LogP contribution is 2.46. The average Bonchev–Trinajstić information content (AvgIpc) is 3.18. The second-order valence-corrected chi connectivity index (χ2v) is 11.1. The largest absolute Gasteiger partial charge is 0.490 e. The van der Waals surface area contributed by atoms with Crippen molar-refractivity contribution in [2.24, 2.45) is 0 Å². The van der Waals surface area contributed by atoms with Gasteiger partial charge in [-0.15, -0.1) is 11.3 Å². The third-order valence-electron chi connectivity index (χ3n) is 5.31. The van der Waals surface area contributed by atoms with Crippen LogP contribution in [0.1, 0.15) is 50.2 Å². The van der Waals surface area contributed by atoms with Crippen molar-refractivity contribution >= 4 is 45.3 Å². The van der Waals surface area contributed by atoms with Crippen molar-refractivity contribution in [1.82, 2.24) is 4.90 Å². The highest BCUT2D eigenvalue weighted by Gasteiger charge is 2.28. The number of rotatable bonds is 8. The number of esters is 2. The van der Waals surface area contributed by atoms with E-state index in [9.17, 15) is 14.4 Å². The Morgan fingerprint density at radius 2 is 1.86 bits per heavy atom. The zero-order valence-corrected chi connectivity index (χ0v) is 24.0. The summed E-state index contributed by atoms with van der Waals surface area (Å²) < 4.78 is 27.7. The maximum Gasteiger partial charge on any atom is 0.410 e. The van der Waals surface area contributed by atoms with Crippen LogP contribution in [0.2, 0.25) is 0 Å². The Hall–Kier alpha value is -2.79. The van der Waals surface area contributed by atoms with E-state index in [4.69, 9.17) is 23.7 Å². The molecule has 9 nitrogen and oxygen atoms in total. The van der Waals surface area contributed by atoms with Gasteiger partial charge in [-0.2, -0.15) is 0 Å². The molecule has 1 saturated heterocycles. The van der Waals surface area contributed by atoms with Gasteiger partial charge in [-0.3, -0.25) is 0 Å². The van der Waals surface area contributed by atoms with E-state index in [-0.39, 0.29) is 36.0 Å². The molecule has 1 fully saturated rings. The lowest BCUT2D eigenvalue weighted by atomic mass is 10.1. The number of nitrogens with zero attached hydrogens (tertiary/aromatic N) is 1. The number of carbonyl (C=O) groups excluding carboxylic acids is 3. The summed E-state index contributed by atoms with van der Waals surface area (Å²) in [6, 6.07) is 7.51. The summed E-state index contributed by atoms with van der Waals surface area (Å²) in [7, 11) is 1.29. The molecule has 2 heterocycles. The summed E-state index contributed by atoms with van der Waals surface area (Å²) in [6.45, 7) is 8.26. The number of carbonyl (C=O) groups is 3. The first kappa shape index (κ1) is 28.8. The summed E-state index contributed by atoms with van der Waals surface area (Å²) in [5.74, 6) is -0.214. The summed E-state index contributed by atoms with van der Waals surface area (Å²) in [4.78, 5) is 39.2. The fraction of sp³-hybridized carbons (Fsp3) is 0.500. The lowest BCUT2D eigenvalue weighted by molar-refractivity contribution is -0.145. The molecule has 11 heteroatoms. The molecule has 0 N–H and O–H groups in total. The molecule has 0 radical (unpaired) electrons. The predicted molar refractivity (Wildman–Crippen MR) is 142 cm³/mol. The van der Waals surface area contributed by atoms with Crippen LogP contribution in [0, 0.1) is 0 Å². The molecule has 202 valence electrons. The number of methoxy groups -OCH3 is 1. The molecule has 1 aromatic carbocycles. The molecule has 0 aliphatic carbocycles. The van der Waals surface area contributed by atoms with Crippen molar-refractivity contribution < 1.29 is 38.1 Å². The van der Waals surface area contributed by atoms with Crippen LogP contribution in [0.3, 0.4) is 0 Å². The molecule has 2 aromatic rings. The van der Waals surface area contributed by atoms with E-state index in [2.05, 4.69) is 15.9 Å². The minimum absolute atomic E-state index is 0.0465. The van der Waals surface area contributed by atoms with Crippen LogP contribution in [0.25, 0.3) is 10.4 Å². The van der Waals surface area contributed by atoms with Crippen LogP contribution < -0.4 is 9.47 Å². The molecule has 1 aliphatic rings. The monoisotopic (exact) mass is 597 g/mol. The second-order valence-electron chi connectivity index (χ2n) is 9.30. The smallest absolute Gasteiger partial charge is 0.410 e. The maximum atomic E-state index is 12.4. The van der Waals surface area contributed by atoms with Gasteiger partial charge >= 0.3 is 18.0 Å². The van der Waals surface area contributed by atoms with E-state index in [1.54, 1.807) is 11.8 Å². The number of benzene rings is 1. The van der Waals surface area contributed by atoms with E-state index in [1.165, 1.54) is 18.4 Å². The number of likely N-dealkylation sites (tertiary alicyclic amines) is 1. The van der Waals surface area contributed by atoms with Gasteiger partial charge in [0, 0.05) is 25.9 Å². The van der Waals surface area contributed by atoms with Crippen molar-refractivity contribution in [3.05, 3.63) is 33.6 Å². The van der Waals surface area contributed by atoms with Crippen molar-refractivity contribution in [2.75, 3.05) is 33.4 Å². The van der Waals surface area contributed by atoms with Crippen molar-refractivity contribution in [3.63, 3.8) is 0 Å². The molecule has 0 spiro atoms. The first-order valence-electron chi connectivity index (χ1n) is 12.0. The van der Waals surface area contributed by atoms with Gasteiger partial charge in [0.05, 0.1) is 23.1 Å². The fourth-order valence-corrected chi connectivity index (χ4v) is 5.62. The number of hydrogen-bond donors (Lipinski definition) is 0. The van der Waals surface area contributed by atoms with Crippen LogP contribution in [0.4, 0.5) is 4.79 Å². The van der Waals surface area contributed by atoms with Crippen LogP contribution in [-0.2, 0) is 19.0 Å². The highest BCUT2D eigenvalue weighted by molar-refractivity contribution is 9.10. The quantitative estimate of drug-likeness (QED) is 0.283. The van der Waals surface area contributed by atoms with Crippen LogP contribution in [0.15, 0.2) is 28.7 Å². The van der Waals surface area contributed by atoms with Gasteiger partial charge in [0.25, 0.3) is 0 Å². The molecule has 37 heavy (non-hydrogen) atoms. The van der Waals surface area contributed by atoms with Gasteiger partial charge in [-0.25, -0.2) is 14.4 Å². The minimum atomic E-state index is -0.569. The number of amides is 1. The average molecular weight is 599 g/mol. The second kappa shape index (κ2) is 12.6. The lowest BCUT2D eigenvalue weighted by Gasteiger charge is -2.33. The van der Waals surface area contributed by atoms with E-state index >= 15 is 0 Å². The number of piperidine rings is 1. The third-order valence-corrected chi connectivity index (χ3v) is 7.53. The first-order valence-corrected chi connectivity index (χ1v) is 13.6. The number of ether oxygens (including phenoxy) is 5. The summed E-state index contributed by atoms with van der Waals surface area (Å²) in [5.41, 5.74) is 0.273. The minimum Gasteiger partial charge on any atom is -0.490 e. The Morgan fingerprint density at radius 1 is 1.16 bits per heavy atom. The molecule has 0 saturated carbocycles. The molecular weight excluding hydrogens is 566 g/mol. The Labute approximate surface area is 229 Å². The van der Waals surface area contributed by atoms with Gasteiger partial charge < -0.3 is 28.6 Å². The Kier molecular flexibility index (Phi) is 9.83. The Balaban J connectivity index is 1.72. The number of thiophene rings is 1. The van der Waals surface area contributed by atoms with Gasteiger partial charge in [-0.1, -0.05) is 12.1 Å². The van der Waals surface area contributed by atoms with Crippen LogP contribution in [0.5, 0.6) is 11.5 Å². The van der Waals surface area contributed by atoms with E-state index in [0.717, 1.165) is 10.4 Å². The topological polar surface area (TPSA) is 101 Å². The van der Waals surface area contributed by atoms with Crippen molar-refractivity contribution in [3.8, 4) is 21.9 Å². The van der Waals surface area contributed by atoms with Crippen molar-refractivity contribution in [1.29, 1.82) is 0 Å².